The first-order valence-corrected chi connectivity index (χ1v) is 7.85. The first-order chi connectivity index (χ1) is 9.63. The van der Waals surface area contributed by atoms with Gasteiger partial charge < -0.3 is 10.0 Å². The third-order valence-electron chi connectivity index (χ3n) is 4.33. The van der Waals surface area contributed by atoms with E-state index in [1.54, 1.807) is 13.0 Å². The largest absolute Gasteiger partial charge is 0.389 e. The van der Waals surface area contributed by atoms with Crippen molar-refractivity contribution in [1.82, 2.24) is 0 Å². The van der Waals surface area contributed by atoms with Crippen LogP contribution in [0.2, 0.25) is 0 Å². The average molecular weight is 279 g/mol. The van der Waals surface area contributed by atoms with E-state index in [-0.39, 0.29) is 5.82 Å². The quantitative estimate of drug-likeness (QED) is 0.889. The van der Waals surface area contributed by atoms with Crippen LogP contribution in [-0.4, -0.2) is 18.2 Å². The number of halogens is 1. The Labute approximate surface area is 121 Å². The fourth-order valence-corrected chi connectivity index (χ4v) is 3.29. The third-order valence-corrected chi connectivity index (χ3v) is 4.33. The van der Waals surface area contributed by atoms with E-state index in [0.29, 0.717) is 11.3 Å². The standard InChI is InChI=1S/C17H26FNO/c1-3-6-14-7-5-11-19(12-10-14)17-15(13(2)20)8-4-9-16(17)18/h4,8-9,13-14,20H,3,5-7,10-12H2,1-2H3. The molecule has 1 fully saturated rings. The zero-order valence-electron chi connectivity index (χ0n) is 12.6. The minimum absolute atomic E-state index is 0.211. The zero-order valence-corrected chi connectivity index (χ0v) is 12.6. The van der Waals surface area contributed by atoms with Gasteiger partial charge in [0.1, 0.15) is 5.82 Å². The van der Waals surface area contributed by atoms with Gasteiger partial charge in [-0.05, 0) is 38.2 Å². The maximum Gasteiger partial charge on any atom is 0.146 e. The van der Waals surface area contributed by atoms with Crippen molar-refractivity contribution >= 4 is 5.69 Å². The van der Waals surface area contributed by atoms with E-state index in [0.717, 1.165) is 31.8 Å². The van der Waals surface area contributed by atoms with E-state index in [9.17, 15) is 9.50 Å². The van der Waals surface area contributed by atoms with Crippen molar-refractivity contribution in [2.24, 2.45) is 5.92 Å². The number of hydrogen-bond donors (Lipinski definition) is 1. The molecule has 2 rings (SSSR count). The van der Waals surface area contributed by atoms with Crippen LogP contribution >= 0.6 is 0 Å². The van der Waals surface area contributed by atoms with Crippen molar-refractivity contribution < 1.29 is 9.50 Å². The van der Waals surface area contributed by atoms with Crippen molar-refractivity contribution in [1.29, 1.82) is 0 Å². The van der Waals surface area contributed by atoms with E-state index in [2.05, 4.69) is 11.8 Å². The van der Waals surface area contributed by atoms with Gasteiger partial charge in [0.2, 0.25) is 0 Å². The summed E-state index contributed by atoms with van der Waals surface area (Å²) in [7, 11) is 0. The van der Waals surface area contributed by atoms with Crippen molar-refractivity contribution in [3.8, 4) is 0 Å². The van der Waals surface area contributed by atoms with Crippen LogP contribution in [0.15, 0.2) is 18.2 Å². The van der Waals surface area contributed by atoms with Gasteiger partial charge in [-0.2, -0.15) is 0 Å². The lowest BCUT2D eigenvalue weighted by Crippen LogP contribution is -2.27. The molecule has 2 atom stereocenters. The van der Waals surface area contributed by atoms with Gasteiger partial charge in [-0.15, -0.1) is 0 Å². The molecular formula is C17H26FNO. The maximum absolute atomic E-state index is 14.2. The molecule has 1 aromatic carbocycles. The monoisotopic (exact) mass is 279 g/mol. The highest BCUT2D eigenvalue weighted by atomic mass is 19.1. The molecule has 1 N–H and O–H groups in total. The molecule has 0 spiro atoms. The third kappa shape index (κ3) is 3.51. The zero-order chi connectivity index (χ0) is 14.5. The SMILES string of the molecule is CCCC1CCCN(c2c(F)cccc2C(C)O)CC1. The number of para-hydroxylation sites is 1. The Balaban J connectivity index is 2.19. The lowest BCUT2D eigenvalue weighted by Gasteiger charge is -2.27. The number of aliphatic hydroxyl groups is 1. The van der Waals surface area contributed by atoms with E-state index in [1.807, 2.05) is 6.07 Å². The molecule has 0 aromatic heterocycles. The van der Waals surface area contributed by atoms with E-state index < -0.39 is 6.10 Å². The summed E-state index contributed by atoms with van der Waals surface area (Å²) >= 11 is 0. The van der Waals surface area contributed by atoms with Crippen LogP contribution < -0.4 is 4.90 Å². The molecule has 0 radical (unpaired) electrons. The van der Waals surface area contributed by atoms with Crippen LogP contribution in [0.25, 0.3) is 0 Å². The Bertz CT molecular complexity index is 433. The summed E-state index contributed by atoms with van der Waals surface area (Å²) in [5.41, 5.74) is 1.32. The molecule has 2 nitrogen and oxygen atoms in total. The average Bonchev–Trinajstić information content (AvgIpc) is 2.64. The summed E-state index contributed by atoms with van der Waals surface area (Å²) < 4.78 is 14.2. The minimum Gasteiger partial charge on any atom is -0.389 e. The number of hydrogen-bond acceptors (Lipinski definition) is 2. The molecule has 1 heterocycles. The van der Waals surface area contributed by atoms with Crippen LogP contribution in [0.4, 0.5) is 10.1 Å². The number of benzene rings is 1. The second-order valence-corrected chi connectivity index (χ2v) is 5.93. The normalized spacial score (nSPS) is 21.6. The fraction of sp³-hybridized carbons (Fsp3) is 0.647. The summed E-state index contributed by atoms with van der Waals surface area (Å²) in [5, 5.41) is 9.87. The number of anilines is 1. The summed E-state index contributed by atoms with van der Waals surface area (Å²) in [5.74, 6) is 0.559. The second kappa shape index (κ2) is 7.07. The van der Waals surface area contributed by atoms with Crippen LogP contribution in [0.1, 0.15) is 57.6 Å². The molecule has 1 saturated heterocycles. The molecule has 1 aliphatic heterocycles. The van der Waals surface area contributed by atoms with Crippen LogP contribution in [-0.2, 0) is 0 Å². The summed E-state index contributed by atoms with van der Waals surface area (Å²) in [6.45, 7) is 5.72. The Hall–Kier alpha value is -1.09. The molecule has 20 heavy (non-hydrogen) atoms. The predicted molar refractivity (Wildman–Crippen MR) is 81.5 cm³/mol. The van der Waals surface area contributed by atoms with Crippen LogP contribution in [0.3, 0.4) is 0 Å². The topological polar surface area (TPSA) is 23.5 Å². The first kappa shape index (κ1) is 15.3. The smallest absolute Gasteiger partial charge is 0.146 e. The van der Waals surface area contributed by atoms with Gasteiger partial charge in [-0.1, -0.05) is 31.9 Å². The van der Waals surface area contributed by atoms with Crippen molar-refractivity contribution in [2.45, 2.75) is 52.1 Å². The molecule has 0 amide bonds. The molecule has 0 aliphatic carbocycles. The minimum atomic E-state index is -0.629. The molecule has 0 saturated carbocycles. The number of rotatable bonds is 4. The second-order valence-electron chi connectivity index (χ2n) is 5.93. The van der Waals surface area contributed by atoms with Gasteiger partial charge >= 0.3 is 0 Å². The van der Waals surface area contributed by atoms with Crippen LogP contribution in [0, 0.1) is 11.7 Å². The van der Waals surface area contributed by atoms with E-state index in [4.69, 9.17) is 0 Å². The highest BCUT2D eigenvalue weighted by Gasteiger charge is 2.22. The Morgan fingerprint density at radius 2 is 2.15 bits per heavy atom. The highest BCUT2D eigenvalue weighted by Crippen LogP contribution is 2.32. The van der Waals surface area contributed by atoms with Gasteiger partial charge in [0.25, 0.3) is 0 Å². The molecule has 1 aliphatic rings. The highest BCUT2D eigenvalue weighted by molar-refractivity contribution is 5.56. The van der Waals surface area contributed by atoms with Gasteiger partial charge in [0.15, 0.2) is 0 Å². The maximum atomic E-state index is 14.2. The summed E-state index contributed by atoms with van der Waals surface area (Å²) in [6, 6.07) is 5.01. The number of aliphatic hydroxyl groups excluding tert-OH is 1. The summed E-state index contributed by atoms with van der Waals surface area (Å²) in [6.07, 6.45) is 5.34. The van der Waals surface area contributed by atoms with Gasteiger partial charge in [0.05, 0.1) is 11.8 Å². The Morgan fingerprint density at radius 1 is 1.35 bits per heavy atom. The summed E-state index contributed by atoms with van der Waals surface area (Å²) in [4.78, 5) is 2.13. The van der Waals surface area contributed by atoms with E-state index >= 15 is 0 Å². The van der Waals surface area contributed by atoms with Crippen LogP contribution in [0.5, 0.6) is 0 Å². The Morgan fingerprint density at radius 3 is 2.85 bits per heavy atom. The fourth-order valence-electron chi connectivity index (χ4n) is 3.29. The van der Waals surface area contributed by atoms with Gasteiger partial charge in [0, 0.05) is 18.7 Å². The van der Waals surface area contributed by atoms with E-state index in [1.165, 1.54) is 25.3 Å². The molecule has 3 heteroatoms. The molecule has 112 valence electrons. The van der Waals surface area contributed by atoms with Crippen molar-refractivity contribution in [2.75, 3.05) is 18.0 Å². The Kier molecular flexibility index (Phi) is 5.41. The molecular weight excluding hydrogens is 253 g/mol. The van der Waals surface area contributed by atoms with Gasteiger partial charge in [-0.25, -0.2) is 4.39 Å². The predicted octanol–water partition coefficient (Wildman–Crippen LogP) is 4.29. The first-order valence-electron chi connectivity index (χ1n) is 7.85. The lowest BCUT2D eigenvalue weighted by atomic mass is 9.96. The molecule has 0 bridgehead atoms. The molecule has 2 unspecified atom stereocenters. The van der Waals surface area contributed by atoms with Crippen molar-refractivity contribution in [3.05, 3.63) is 29.6 Å². The van der Waals surface area contributed by atoms with Gasteiger partial charge in [-0.3, -0.25) is 0 Å². The molecule has 1 aromatic rings. The lowest BCUT2D eigenvalue weighted by molar-refractivity contribution is 0.199. The van der Waals surface area contributed by atoms with Crippen molar-refractivity contribution in [3.63, 3.8) is 0 Å². The number of nitrogens with zero attached hydrogens (tertiary/aromatic N) is 1.